The summed E-state index contributed by atoms with van der Waals surface area (Å²) in [5, 5.41) is 11.1. The third kappa shape index (κ3) is 5.88. The fourth-order valence-corrected chi connectivity index (χ4v) is 1.43. The van der Waals surface area contributed by atoms with Crippen molar-refractivity contribution in [2.75, 3.05) is 19.6 Å². The van der Waals surface area contributed by atoms with E-state index in [-0.39, 0.29) is 5.54 Å². The number of rotatable bonds is 6. The Morgan fingerprint density at radius 3 is 2.56 bits per heavy atom. The van der Waals surface area contributed by atoms with Gasteiger partial charge >= 0.3 is 0 Å². The quantitative estimate of drug-likeness (QED) is 0.713. The largest absolute Gasteiger partial charge is 0.314 e. The molecule has 4 nitrogen and oxygen atoms in total. The fraction of sp³-hybridized carbons (Fsp3) is 0.750. The molecule has 0 saturated carbocycles. The minimum Gasteiger partial charge on any atom is -0.314 e. The van der Waals surface area contributed by atoms with E-state index in [4.69, 9.17) is 0 Å². The van der Waals surface area contributed by atoms with Gasteiger partial charge in [0.25, 0.3) is 0 Å². The van der Waals surface area contributed by atoms with E-state index in [1.807, 2.05) is 10.9 Å². The Labute approximate surface area is 98.4 Å². The summed E-state index contributed by atoms with van der Waals surface area (Å²) in [7, 11) is 0. The SMILES string of the molecule is Cc1cnn(CCNCCNC(C)(C)C)c1. The molecule has 0 unspecified atom stereocenters. The highest BCUT2D eigenvalue weighted by atomic mass is 15.3. The number of nitrogens with zero attached hydrogens (tertiary/aromatic N) is 2. The topological polar surface area (TPSA) is 41.9 Å². The Morgan fingerprint density at radius 1 is 1.25 bits per heavy atom. The van der Waals surface area contributed by atoms with E-state index < -0.39 is 0 Å². The fourth-order valence-electron chi connectivity index (χ4n) is 1.43. The summed E-state index contributed by atoms with van der Waals surface area (Å²) in [6, 6.07) is 0. The molecule has 0 atom stereocenters. The molecule has 4 heteroatoms. The van der Waals surface area contributed by atoms with Gasteiger partial charge in [-0.05, 0) is 33.3 Å². The van der Waals surface area contributed by atoms with Crippen molar-refractivity contribution in [3.05, 3.63) is 18.0 Å². The minimum absolute atomic E-state index is 0.209. The van der Waals surface area contributed by atoms with Crippen LogP contribution in [0, 0.1) is 6.92 Å². The van der Waals surface area contributed by atoms with Crippen molar-refractivity contribution in [2.24, 2.45) is 0 Å². The molecule has 0 aromatic carbocycles. The number of hydrogen-bond acceptors (Lipinski definition) is 3. The average molecular weight is 224 g/mol. The number of aromatic nitrogens is 2. The Hall–Kier alpha value is -0.870. The summed E-state index contributed by atoms with van der Waals surface area (Å²) < 4.78 is 1.97. The zero-order valence-corrected chi connectivity index (χ0v) is 10.9. The van der Waals surface area contributed by atoms with Crippen LogP contribution in [0.25, 0.3) is 0 Å². The summed E-state index contributed by atoms with van der Waals surface area (Å²) in [4.78, 5) is 0. The summed E-state index contributed by atoms with van der Waals surface area (Å²) in [6.45, 7) is 12.5. The first-order chi connectivity index (χ1) is 7.47. The van der Waals surface area contributed by atoms with Gasteiger partial charge in [0.05, 0.1) is 12.7 Å². The van der Waals surface area contributed by atoms with E-state index in [0.717, 1.165) is 26.2 Å². The highest BCUT2D eigenvalue weighted by molar-refractivity contribution is 4.99. The van der Waals surface area contributed by atoms with Crippen molar-refractivity contribution < 1.29 is 0 Å². The zero-order chi connectivity index (χ0) is 12.0. The molecule has 1 aromatic heterocycles. The Kier molecular flexibility index (Phi) is 4.96. The van der Waals surface area contributed by atoms with Gasteiger partial charge < -0.3 is 10.6 Å². The molecule has 0 amide bonds. The molecule has 0 radical (unpaired) electrons. The second kappa shape index (κ2) is 6.01. The van der Waals surface area contributed by atoms with Crippen LogP contribution in [0.2, 0.25) is 0 Å². The third-order valence-corrected chi connectivity index (χ3v) is 2.24. The molecule has 0 fully saturated rings. The third-order valence-electron chi connectivity index (χ3n) is 2.24. The maximum atomic E-state index is 4.23. The van der Waals surface area contributed by atoms with Crippen LogP contribution in [0.3, 0.4) is 0 Å². The smallest absolute Gasteiger partial charge is 0.0534 e. The lowest BCUT2D eigenvalue weighted by atomic mass is 10.1. The van der Waals surface area contributed by atoms with Crippen molar-refractivity contribution in [2.45, 2.75) is 39.8 Å². The van der Waals surface area contributed by atoms with E-state index in [0.29, 0.717) is 0 Å². The lowest BCUT2D eigenvalue weighted by molar-refractivity contribution is 0.418. The molecular weight excluding hydrogens is 200 g/mol. The van der Waals surface area contributed by atoms with E-state index in [2.05, 4.69) is 49.6 Å². The van der Waals surface area contributed by atoms with Gasteiger partial charge in [0.1, 0.15) is 0 Å². The average Bonchev–Trinajstić information content (AvgIpc) is 2.56. The molecule has 0 aliphatic rings. The molecule has 0 aliphatic heterocycles. The molecule has 0 spiro atoms. The first-order valence-corrected chi connectivity index (χ1v) is 5.92. The predicted molar refractivity (Wildman–Crippen MR) is 67.6 cm³/mol. The van der Waals surface area contributed by atoms with E-state index in [9.17, 15) is 0 Å². The first kappa shape index (κ1) is 13.2. The second-order valence-electron chi connectivity index (χ2n) is 5.21. The summed E-state index contributed by atoms with van der Waals surface area (Å²) in [5.74, 6) is 0. The number of hydrogen-bond donors (Lipinski definition) is 2. The van der Waals surface area contributed by atoms with E-state index in [1.54, 1.807) is 0 Å². The van der Waals surface area contributed by atoms with Crippen molar-refractivity contribution in [3.8, 4) is 0 Å². The Morgan fingerprint density at radius 2 is 2.00 bits per heavy atom. The van der Waals surface area contributed by atoms with Gasteiger partial charge in [0, 0.05) is 31.4 Å². The molecule has 0 aliphatic carbocycles. The van der Waals surface area contributed by atoms with Gasteiger partial charge in [-0.15, -0.1) is 0 Å². The standard InChI is InChI=1S/C12H24N4/c1-11-9-15-16(10-11)8-7-13-5-6-14-12(2,3)4/h9-10,13-14H,5-8H2,1-4H3. The summed E-state index contributed by atoms with van der Waals surface area (Å²) >= 11 is 0. The maximum Gasteiger partial charge on any atom is 0.0534 e. The minimum atomic E-state index is 0.209. The first-order valence-electron chi connectivity index (χ1n) is 5.92. The highest BCUT2D eigenvalue weighted by Crippen LogP contribution is 1.96. The number of nitrogens with one attached hydrogen (secondary N) is 2. The molecule has 2 N–H and O–H groups in total. The highest BCUT2D eigenvalue weighted by Gasteiger charge is 2.06. The second-order valence-corrected chi connectivity index (χ2v) is 5.21. The monoisotopic (exact) mass is 224 g/mol. The molecule has 1 aromatic rings. The maximum absolute atomic E-state index is 4.23. The normalized spacial score (nSPS) is 12.0. The summed E-state index contributed by atoms with van der Waals surface area (Å²) in [5.41, 5.74) is 1.43. The van der Waals surface area contributed by atoms with Crippen molar-refractivity contribution in [1.29, 1.82) is 0 Å². The molecule has 1 heterocycles. The lowest BCUT2D eigenvalue weighted by Crippen LogP contribution is -2.40. The predicted octanol–water partition coefficient (Wildman–Crippen LogP) is 1.17. The number of aryl methyl sites for hydroxylation is 1. The van der Waals surface area contributed by atoms with Crippen LogP contribution in [0.15, 0.2) is 12.4 Å². The molecular formula is C12H24N4. The van der Waals surface area contributed by atoms with Crippen molar-refractivity contribution in [1.82, 2.24) is 20.4 Å². The van der Waals surface area contributed by atoms with E-state index >= 15 is 0 Å². The van der Waals surface area contributed by atoms with Gasteiger partial charge in [0.2, 0.25) is 0 Å². The van der Waals surface area contributed by atoms with Gasteiger partial charge in [0.15, 0.2) is 0 Å². The van der Waals surface area contributed by atoms with Crippen LogP contribution in [0.4, 0.5) is 0 Å². The van der Waals surface area contributed by atoms with Crippen LogP contribution in [-0.2, 0) is 6.54 Å². The van der Waals surface area contributed by atoms with Gasteiger partial charge in [-0.1, -0.05) is 0 Å². The van der Waals surface area contributed by atoms with Gasteiger partial charge in [-0.3, -0.25) is 4.68 Å². The molecule has 92 valence electrons. The van der Waals surface area contributed by atoms with Crippen molar-refractivity contribution in [3.63, 3.8) is 0 Å². The van der Waals surface area contributed by atoms with Crippen LogP contribution < -0.4 is 10.6 Å². The van der Waals surface area contributed by atoms with E-state index in [1.165, 1.54) is 5.56 Å². The lowest BCUT2D eigenvalue weighted by Gasteiger charge is -2.20. The summed E-state index contributed by atoms with van der Waals surface area (Å²) in [6.07, 6.45) is 3.95. The van der Waals surface area contributed by atoms with Crippen LogP contribution >= 0.6 is 0 Å². The van der Waals surface area contributed by atoms with Gasteiger partial charge in [-0.2, -0.15) is 5.10 Å². The van der Waals surface area contributed by atoms with Gasteiger partial charge in [-0.25, -0.2) is 0 Å². The molecule has 1 rings (SSSR count). The van der Waals surface area contributed by atoms with Crippen molar-refractivity contribution >= 4 is 0 Å². The molecule has 0 saturated heterocycles. The van der Waals surface area contributed by atoms with Crippen LogP contribution in [0.5, 0.6) is 0 Å². The van der Waals surface area contributed by atoms with Crippen LogP contribution in [-0.4, -0.2) is 35.0 Å². The molecule has 16 heavy (non-hydrogen) atoms. The Bertz CT molecular complexity index is 298. The zero-order valence-electron chi connectivity index (χ0n) is 10.9. The molecule has 0 bridgehead atoms. The van der Waals surface area contributed by atoms with Crippen LogP contribution in [0.1, 0.15) is 26.3 Å². The Balaban J connectivity index is 2.00.